The quantitative estimate of drug-likeness (QED) is 0.337. The predicted octanol–water partition coefficient (Wildman–Crippen LogP) is 7.23. The average Bonchev–Trinajstić information content (AvgIpc) is 3.02. The van der Waals surface area contributed by atoms with Crippen molar-refractivity contribution in [1.82, 2.24) is 0 Å². The Morgan fingerprint density at radius 1 is 1.06 bits per heavy atom. The molecule has 0 aromatic heterocycles. The first-order valence-electron chi connectivity index (χ1n) is 9.43. The van der Waals surface area contributed by atoms with Crippen molar-refractivity contribution < 1.29 is 14.3 Å². The Balaban J connectivity index is 1.54. The van der Waals surface area contributed by atoms with E-state index in [0.717, 1.165) is 17.3 Å². The van der Waals surface area contributed by atoms with E-state index in [2.05, 4.69) is 15.9 Å². The van der Waals surface area contributed by atoms with Crippen molar-refractivity contribution in [2.45, 2.75) is 13.5 Å². The van der Waals surface area contributed by atoms with Crippen LogP contribution in [0.25, 0.3) is 6.08 Å². The summed E-state index contributed by atoms with van der Waals surface area (Å²) in [6.07, 6.45) is 1.66. The van der Waals surface area contributed by atoms with E-state index in [9.17, 15) is 9.59 Å². The fourth-order valence-electron chi connectivity index (χ4n) is 3.06. The zero-order chi connectivity index (χ0) is 22.0. The Labute approximate surface area is 198 Å². The van der Waals surface area contributed by atoms with Gasteiger partial charge in [-0.1, -0.05) is 59.6 Å². The highest BCUT2D eigenvalue weighted by Crippen LogP contribution is 2.39. The van der Waals surface area contributed by atoms with E-state index in [0.29, 0.717) is 38.0 Å². The summed E-state index contributed by atoms with van der Waals surface area (Å²) in [7, 11) is 0. The molecule has 1 fully saturated rings. The number of carbonyl (C=O) groups is 2. The SMILES string of the molecule is Cc1ccc(COc2c(Cl)cc(/C=C3\SC(=O)N(c4ccccc4)C3=O)cc2Br)cc1. The molecule has 0 bridgehead atoms. The van der Waals surface area contributed by atoms with Gasteiger partial charge in [-0.05, 0) is 76.1 Å². The second kappa shape index (κ2) is 9.30. The van der Waals surface area contributed by atoms with Gasteiger partial charge in [-0.2, -0.15) is 0 Å². The summed E-state index contributed by atoms with van der Waals surface area (Å²) in [6.45, 7) is 2.42. The maximum Gasteiger partial charge on any atom is 0.298 e. The van der Waals surface area contributed by atoms with Gasteiger partial charge in [-0.15, -0.1) is 0 Å². The number of imide groups is 1. The van der Waals surface area contributed by atoms with Gasteiger partial charge in [-0.25, -0.2) is 4.90 Å². The molecule has 3 aromatic rings. The van der Waals surface area contributed by atoms with Gasteiger partial charge in [0, 0.05) is 0 Å². The summed E-state index contributed by atoms with van der Waals surface area (Å²) >= 11 is 10.9. The molecule has 0 aliphatic carbocycles. The Hall–Kier alpha value is -2.54. The molecule has 156 valence electrons. The highest BCUT2D eigenvalue weighted by molar-refractivity contribution is 9.10. The molecule has 0 N–H and O–H groups in total. The van der Waals surface area contributed by atoms with Crippen LogP contribution in [0.5, 0.6) is 5.75 Å². The molecule has 1 saturated heterocycles. The highest BCUT2D eigenvalue weighted by atomic mass is 79.9. The molecule has 4 nitrogen and oxygen atoms in total. The molecule has 2 amide bonds. The number of para-hydroxylation sites is 1. The number of rotatable bonds is 5. The number of carbonyl (C=O) groups excluding carboxylic acids is 2. The zero-order valence-corrected chi connectivity index (χ0v) is 19.6. The first kappa shape index (κ1) is 21.7. The smallest absolute Gasteiger partial charge is 0.298 e. The second-order valence-corrected chi connectivity index (χ2v) is 9.20. The van der Waals surface area contributed by atoms with Gasteiger partial charge < -0.3 is 4.74 Å². The van der Waals surface area contributed by atoms with Crippen molar-refractivity contribution >= 4 is 62.2 Å². The van der Waals surface area contributed by atoms with E-state index in [-0.39, 0.29) is 11.1 Å². The normalized spacial score (nSPS) is 15.1. The van der Waals surface area contributed by atoms with Crippen molar-refractivity contribution in [2.24, 2.45) is 0 Å². The Bertz CT molecular complexity index is 1160. The van der Waals surface area contributed by atoms with Gasteiger partial charge in [0.25, 0.3) is 11.1 Å². The molecule has 0 spiro atoms. The van der Waals surface area contributed by atoms with Gasteiger partial charge in [-0.3, -0.25) is 9.59 Å². The van der Waals surface area contributed by atoms with Gasteiger partial charge in [0.15, 0.2) is 5.75 Å². The van der Waals surface area contributed by atoms with Gasteiger partial charge in [0.2, 0.25) is 0 Å². The van der Waals surface area contributed by atoms with Crippen LogP contribution in [0.1, 0.15) is 16.7 Å². The number of thioether (sulfide) groups is 1. The third-order valence-electron chi connectivity index (χ3n) is 4.63. The zero-order valence-electron chi connectivity index (χ0n) is 16.5. The number of benzene rings is 3. The van der Waals surface area contributed by atoms with E-state index >= 15 is 0 Å². The van der Waals surface area contributed by atoms with E-state index in [1.807, 2.05) is 43.3 Å². The van der Waals surface area contributed by atoms with Crippen molar-refractivity contribution in [3.05, 3.63) is 97.8 Å². The summed E-state index contributed by atoms with van der Waals surface area (Å²) in [5.41, 5.74) is 3.46. The third-order valence-corrected chi connectivity index (χ3v) is 6.37. The van der Waals surface area contributed by atoms with Crippen LogP contribution in [-0.4, -0.2) is 11.1 Å². The monoisotopic (exact) mass is 513 g/mol. The maximum atomic E-state index is 12.8. The largest absolute Gasteiger partial charge is 0.486 e. The minimum Gasteiger partial charge on any atom is -0.486 e. The summed E-state index contributed by atoms with van der Waals surface area (Å²) in [5.74, 6) is 0.171. The Morgan fingerprint density at radius 2 is 1.77 bits per heavy atom. The lowest BCUT2D eigenvalue weighted by Gasteiger charge is -2.12. The molecule has 1 aliphatic rings. The number of anilines is 1. The molecular formula is C24H17BrClNO3S. The third kappa shape index (κ3) is 4.87. The first-order chi connectivity index (χ1) is 14.9. The van der Waals surface area contributed by atoms with Crippen LogP contribution < -0.4 is 9.64 Å². The number of amides is 2. The number of hydrogen-bond donors (Lipinski definition) is 0. The molecule has 1 aliphatic heterocycles. The standard InChI is InChI=1S/C24H17BrClNO3S/c1-15-7-9-16(10-8-15)14-30-22-19(25)11-17(12-20(22)26)13-21-23(28)27(24(29)31-21)18-5-3-2-4-6-18/h2-13H,14H2,1H3/b21-13-. The molecule has 4 rings (SSSR count). The maximum absolute atomic E-state index is 12.8. The van der Waals surface area contributed by atoms with Crippen LogP contribution in [0, 0.1) is 6.92 Å². The van der Waals surface area contributed by atoms with Crippen LogP contribution in [0.3, 0.4) is 0 Å². The van der Waals surface area contributed by atoms with Crippen molar-refractivity contribution in [3.63, 3.8) is 0 Å². The van der Waals surface area contributed by atoms with Crippen molar-refractivity contribution in [2.75, 3.05) is 4.90 Å². The summed E-state index contributed by atoms with van der Waals surface area (Å²) in [5, 5.41) is 0.0840. The fraction of sp³-hybridized carbons (Fsp3) is 0.0833. The van der Waals surface area contributed by atoms with Crippen LogP contribution >= 0.6 is 39.3 Å². The average molecular weight is 515 g/mol. The van der Waals surface area contributed by atoms with Gasteiger partial charge in [0.1, 0.15) is 6.61 Å². The lowest BCUT2D eigenvalue weighted by atomic mass is 10.1. The number of halogens is 2. The van der Waals surface area contributed by atoms with E-state index in [4.69, 9.17) is 16.3 Å². The molecule has 0 atom stereocenters. The van der Waals surface area contributed by atoms with E-state index in [1.54, 1.807) is 36.4 Å². The minimum absolute atomic E-state index is 0.328. The topological polar surface area (TPSA) is 46.6 Å². The molecule has 0 radical (unpaired) electrons. The summed E-state index contributed by atoms with van der Waals surface area (Å²) < 4.78 is 6.56. The molecule has 3 aromatic carbocycles. The lowest BCUT2D eigenvalue weighted by molar-refractivity contribution is -0.113. The second-order valence-electron chi connectivity index (χ2n) is 6.94. The van der Waals surface area contributed by atoms with Crippen LogP contribution in [-0.2, 0) is 11.4 Å². The molecular weight excluding hydrogens is 498 g/mol. The number of nitrogens with zero attached hydrogens (tertiary/aromatic N) is 1. The van der Waals surface area contributed by atoms with E-state index < -0.39 is 0 Å². The lowest BCUT2D eigenvalue weighted by Crippen LogP contribution is -2.27. The fourth-order valence-corrected chi connectivity index (χ4v) is 4.89. The van der Waals surface area contributed by atoms with Crippen LogP contribution in [0.2, 0.25) is 5.02 Å². The minimum atomic E-state index is -0.354. The Morgan fingerprint density at radius 3 is 2.45 bits per heavy atom. The Kier molecular flexibility index (Phi) is 6.51. The summed E-state index contributed by atoms with van der Waals surface area (Å²) in [6, 6.07) is 20.5. The number of hydrogen-bond acceptors (Lipinski definition) is 4. The molecule has 7 heteroatoms. The van der Waals surface area contributed by atoms with Crippen LogP contribution in [0.15, 0.2) is 76.1 Å². The van der Waals surface area contributed by atoms with Crippen LogP contribution in [0.4, 0.5) is 10.5 Å². The van der Waals surface area contributed by atoms with E-state index in [1.165, 1.54) is 10.5 Å². The number of ether oxygens (including phenoxy) is 1. The van der Waals surface area contributed by atoms with Crippen molar-refractivity contribution in [3.8, 4) is 5.75 Å². The summed E-state index contributed by atoms with van der Waals surface area (Å²) in [4.78, 5) is 26.7. The highest BCUT2D eigenvalue weighted by Gasteiger charge is 2.36. The first-order valence-corrected chi connectivity index (χ1v) is 11.4. The predicted molar refractivity (Wildman–Crippen MR) is 130 cm³/mol. The molecule has 0 unspecified atom stereocenters. The number of aryl methyl sites for hydroxylation is 1. The molecule has 1 heterocycles. The van der Waals surface area contributed by atoms with Crippen molar-refractivity contribution in [1.29, 1.82) is 0 Å². The molecule has 31 heavy (non-hydrogen) atoms. The van der Waals surface area contributed by atoms with Gasteiger partial charge >= 0.3 is 0 Å². The van der Waals surface area contributed by atoms with Gasteiger partial charge in [0.05, 0.1) is 20.1 Å². The molecule has 0 saturated carbocycles.